The number of fused-ring (bicyclic) bond motifs is 1. The maximum Gasteiger partial charge on any atom is 0.303 e. The highest BCUT2D eigenvalue weighted by atomic mass is 19.3. The lowest BCUT2D eigenvalue weighted by Gasteiger charge is -2.22. The van der Waals surface area contributed by atoms with Crippen molar-refractivity contribution in [2.24, 2.45) is 5.92 Å². The summed E-state index contributed by atoms with van der Waals surface area (Å²) >= 11 is 0. The Balaban J connectivity index is 1.89. The molecule has 0 bridgehead atoms. The molecule has 0 aliphatic carbocycles. The Morgan fingerprint density at radius 2 is 1.97 bits per heavy atom. The first-order valence-electron chi connectivity index (χ1n) is 10.8. The smallest absolute Gasteiger partial charge is 0.303 e. The summed E-state index contributed by atoms with van der Waals surface area (Å²) in [4.78, 5) is 28.3. The molecule has 0 radical (unpaired) electrons. The normalized spacial score (nSPS) is 19.0. The van der Waals surface area contributed by atoms with Crippen molar-refractivity contribution in [1.29, 1.82) is 0 Å². The fourth-order valence-corrected chi connectivity index (χ4v) is 4.30. The molecule has 3 aromatic rings. The number of nitrogens with one attached hydrogen (secondary N) is 1. The molecule has 0 aromatic carbocycles. The molecule has 3 aromatic heterocycles. The van der Waals surface area contributed by atoms with E-state index < -0.39 is 11.7 Å². The second kappa shape index (κ2) is 8.29. The largest absolute Gasteiger partial charge is 0.353 e. The highest BCUT2D eigenvalue weighted by Gasteiger charge is 2.34. The summed E-state index contributed by atoms with van der Waals surface area (Å²) in [6, 6.07) is 3.64. The molecular formula is C22H28F2N8O. The number of likely N-dealkylation sites (N-methyl/N-ethyl adjacent to an activating group) is 1. The van der Waals surface area contributed by atoms with Gasteiger partial charge in [0.1, 0.15) is 5.82 Å². The quantitative estimate of drug-likeness (QED) is 0.628. The third-order valence-corrected chi connectivity index (χ3v) is 5.84. The van der Waals surface area contributed by atoms with Gasteiger partial charge < -0.3 is 15.1 Å². The van der Waals surface area contributed by atoms with Crippen molar-refractivity contribution in [3.05, 3.63) is 29.8 Å². The number of amides is 1. The number of hydrogen-bond donors (Lipinski definition) is 1. The maximum absolute atomic E-state index is 14.0. The summed E-state index contributed by atoms with van der Waals surface area (Å²) in [6.07, 6.45) is 1.65. The van der Waals surface area contributed by atoms with Crippen molar-refractivity contribution in [3.8, 4) is 5.82 Å². The molecule has 11 heteroatoms. The molecule has 4 heterocycles. The van der Waals surface area contributed by atoms with Gasteiger partial charge in [-0.25, -0.2) is 19.6 Å². The van der Waals surface area contributed by atoms with Gasteiger partial charge in [-0.2, -0.15) is 8.78 Å². The van der Waals surface area contributed by atoms with Crippen LogP contribution in [0.4, 0.5) is 20.4 Å². The van der Waals surface area contributed by atoms with Gasteiger partial charge in [0.15, 0.2) is 11.6 Å². The van der Waals surface area contributed by atoms with Gasteiger partial charge in [-0.1, -0.05) is 6.92 Å². The van der Waals surface area contributed by atoms with E-state index in [1.807, 2.05) is 0 Å². The van der Waals surface area contributed by atoms with Gasteiger partial charge in [0.05, 0.1) is 10.9 Å². The summed E-state index contributed by atoms with van der Waals surface area (Å²) in [5, 5.41) is 8.20. The minimum atomic E-state index is -3.20. The summed E-state index contributed by atoms with van der Waals surface area (Å²) in [5.41, 5.74) is 1.01. The van der Waals surface area contributed by atoms with Crippen LogP contribution in [0.1, 0.15) is 32.3 Å². The van der Waals surface area contributed by atoms with Gasteiger partial charge in [-0.15, -0.1) is 5.10 Å². The average molecular weight is 459 g/mol. The van der Waals surface area contributed by atoms with Crippen LogP contribution in [0.5, 0.6) is 0 Å². The number of rotatable bonds is 5. The molecule has 176 valence electrons. The molecule has 33 heavy (non-hydrogen) atoms. The zero-order valence-electron chi connectivity index (χ0n) is 19.6. The number of carbonyl (C=O) groups excluding carboxylic acids is 1. The number of hydrogen-bond acceptors (Lipinski definition) is 7. The van der Waals surface area contributed by atoms with Crippen LogP contribution in [0.15, 0.2) is 18.3 Å². The zero-order valence-corrected chi connectivity index (χ0v) is 19.6. The highest BCUT2D eigenvalue weighted by molar-refractivity contribution is 5.95. The predicted molar refractivity (Wildman–Crippen MR) is 122 cm³/mol. The molecule has 1 amide bonds. The fourth-order valence-electron chi connectivity index (χ4n) is 4.30. The molecule has 0 saturated carbocycles. The second-order valence-corrected chi connectivity index (χ2v) is 9.00. The third-order valence-electron chi connectivity index (χ3n) is 5.84. The molecule has 1 N–H and O–H groups in total. The standard InChI is InChI=1S/C22H28F2N8O/c1-12-10-31(11-17(12)30(5)6)20-15-9-25-18(27-14(3)33)8-16(15)32(29-20)19-7-13(2)26-21(28-19)22(4,23)24/h7-9,12,17H,10-11H2,1-6H3,(H,25,27,33)/t12-,17-/m0/s1. The Labute approximate surface area is 190 Å². The van der Waals surface area contributed by atoms with Gasteiger partial charge >= 0.3 is 5.92 Å². The number of carbonyl (C=O) groups is 1. The van der Waals surface area contributed by atoms with Crippen LogP contribution >= 0.6 is 0 Å². The van der Waals surface area contributed by atoms with Gasteiger partial charge in [0.2, 0.25) is 11.7 Å². The van der Waals surface area contributed by atoms with Crippen LogP contribution in [0.2, 0.25) is 0 Å². The number of halogens is 2. The van der Waals surface area contributed by atoms with E-state index in [2.05, 4.69) is 51.1 Å². The lowest BCUT2D eigenvalue weighted by molar-refractivity contribution is -0.114. The molecule has 9 nitrogen and oxygen atoms in total. The van der Waals surface area contributed by atoms with E-state index in [9.17, 15) is 13.6 Å². The van der Waals surface area contributed by atoms with Gasteiger partial charge in [-0.3, -0.25) is 4.79 Å². The maximum atomic E-state index is 14.0. The molecule has 0 spiro atoms. The van der Waals surface area contributed by atoms with E-state index in [0.717, 1.165) is 25.4 Å². The van der Waals surface area contributed by atoms with Crippen molar-refractivity contribution in [1.82, 2.24) is 29.6 Å². The first kappa shape index (κ1) is 23.0. The molecular weight excluding hydrogens is 430 g/mol. The molecule has 4 rings (SSSR count). The summed E-state index contributed by atoms with van der Waals surface area (Å²) in [5.74, 6) is -2.34. The summed E-state index contributed by atoms with van der Waals surface area (Å²) in [7, 11) is 4.11. The van der Waals surface area contributed by atoms with E-state index in [0.29, 0.717) is 34.8 Å². The predicted octanol–water partition coefficient (Wildman–Crippen LogP) is 2.98. The number of anilines is 2. The van der Waals surface area contributed by atoms with E-state index >= 15 is 0 Å². The van der Waals surface area contributed by atoms with E-state index in [-0.39, 0.29) is 11.7 Å². The minimum absolute atomic E-state index is 0.228. The lowest BCUT2D eigenvalue weighted by atomic mass is 10.1. The van der Waals surface area contributed by atoms with Crippen molar-refractivity contribution in [2.45, 2.75) is 39.7 Å². The molecule has 0 unspecified atom stereocenters. The molecule has 1 aliphatic rings. The summed E-state index contributed by atoms with van der Waals surface area (Å²) in [6.45, 7) is 7.56. The lowest BCUT2D eigenvalue weighted by Crippen LogP contribution is -2.34. The number of pyridine rings is 1. The van der Waals surface area contributed by atoms with E-state index in [1.165, 1.54) is 11.6 Å². The van der Waals surface area contributed by atoms with Gasteiger partial charge in [0.25, 0.3) is 0 Å². The minimum Gasteiger partial charge on any atom is -0.353 e. The molecule has 2 atom stereocenters. The van der Waals surface area contributed by atoms with Crippen LogP contribution in [0, 0.1) is 12.8 Å². The highest BCUT2D eigenvalue weighted by Crippen LogP contribution is 2.34. The first-order valence-corrected chi connectivity index (χ1v) is 10.8. The molecule has 1 fully saturated rings. The Bertz CT molecular complexity index is 1200. The Morgan fingerprint density at radius 3 is 2.58 bits per heavy atom. The first-order chi connectivity index (χ1) is 15.4. The van der Waals surface area contributed by atoms with Crippen LogP contribution in [-0.4, -0.2) is 68.8 Å². The van der Waals surface area contributed by atoms with Crippen LogP contribution in [-0.2, 0) is 10.7 Å². The monoisotopic (exact) mass is 458 g/mol. The second-order valence-electron chi connectivity index (χ2n) is 9.00. The van der Waals surface area contributed by atoms with Crippen molar-refractivity contribution < 1.29 is 13.6 Å². The average Bonchev–Trinajstić information content (AvgIpc) is 3.26. The van der Waals surface area contributed by atoms with Gasteiger partial charge in [-0.05, 0) is 26.9 Å². The van der Waals surface area contributed by atoms with Crippen LogP contribution in [0.25, 0.3) is 16.7 Å². The summed E-state index contributed by atoms with van der Waals surface area (Å²) < 4.78 is 29.6. The Hall–Kier alpha value is -3.21. The topological polar surface area (TPSA) is 92.1 Å². The number of alkyl halides is 2. The van der Waals surface area contributed by atoms with Crippen molar-refractivity contribution >= 4 is 28.4 Å². The SMILES string of the molecule is CC(=O)Nc1cc2c(cn1)c(N1C[C@H](C)[C@@H](N(C)C)C1)nn2-c1cc(C)nc(C(C)(F)F)n1. The van der Waals surface area contributed by atoms with Gasteiger partial charge in [0, 0.05) is 57.0 Å². The number of aromatic nitrogens is 5. The zero-order chi connectivity index (χ0) is 24.1. The van der Waals surface area contributed by atoms with Crippen molar-refractivity contribution in [2.75, 3.05) is 37.4 Å². The van der Waals surface area contributed by atoms with E-state index in [1.54, 1.807) is 25.3 Å². The number of aryl methyl sites for hydroxylation is 1. The van der Waals surface area contributed by atoms with E-state index in [4.69, 9.17) is 5.10 Å². The Morgan fingerprint density at radius 1 is 1.24 bits per heavy atom. The van der Waals surface area contributed by atoms with Crippen LogP contribution in [0.3, 0.4) is 0 Å². The number of nitrogens with zero attached hydrogens (tertiary/aromatic N) is 7. The third kappa shape index (κ3) is 4.50. The fraction of sp³-hybridized carbons (Fsp3) is 0.500. The Kier molecular flexibility index (Phi) is 5.77. The molecule has 1 aliphatic heterocycles. The van der Waals surface area contributed by atoms with Crippen molar-refractivity contribution in [3.63, 3.8) is 0 Å². The van der Waals surface area contributed by atoms with Crippen LogP contribution < -0.4 is 10.2 Å². The molecule has 1 saturated heterocycles.